The Labute approximate surface area is 127 Å². The predicted molar refractivity (Wildman–Crippen MR) is 85.7 cm³/mol. The Morgan fingerprint density at radius 3 is 2.24 bits per heavy atom. The summed E-state index contributed by atoms with van der Waals surface area (Å²) < 4.78 is 0. The Balaban J connectivity index is 2.11. The van der Waals surface area contributed by atoms with Crippen LogP contribution in [0.25, 0.3) is 22.6 Å². The number of nitrogen functional groups attached to an aromatic ring is 1. The Kier molecular flexibility index (Phi) is 3.81. The molecule has 1 aromatic heterocycles. The number of nitrogens with two attached hydrogens (primary N) is 1. The number of nitrogens with zero attached hydrogens (tertiary/aromatic N) is 2. The number of hydrogen-bond acceptors (Lipinski definition) is 4. The molecule has 0 aliphatic heterocycles. The van der Waals surface area contributed by atoms with Gasteiger partial charge in [-0.25, -0.2) is 15.8 Å². The summed E-state index contributed by atoms with van der Waals surface area (Å²) in [6.07, 6.45) is 0. The highest BCUT2D eigenvalue weighted by Crippen LogP contribution is 2.24. The van der Waals surface area contributed by atoms with Gasteiger partial charge in [0.15, 0.2) is 5.82 Å². The Morgan fingerprint density at radius 1 is 0.857 bits per heavy atom. The van der Waals surface area contributed by atoms with Crippen LogP contribution in [0, 0.1) is 0 Å². The molecule has 0 saturated carbocycles. The Hall–Kier alpha value is -2.43. The highest BCUT2D eigenvalue weighted by Gasteiger charge is 2.08. The molecule has 0 atom stereocenters. The van der Waals surface area contributed by atoms with Gasteiger partial charge in [0.05, 0.1) is 5.69 Å². The fraction of sp³-hybridized carbons (Fsp3) is 0. The average molecular weight is 297 g/mol. The topological polar surface area (TPSA) is 63.8 Å². The molecule has 4 nitrogen and oxygen atoms in total. The number of hydrazine groups is 1. The highest BCUT2D eigenvalue weighted by molar-refractivity contribution is 6.30. The summed E-state index contributed by atoms with van der Waals surface area (Å²) in [5.41, 5.74) is 5.28. The summed E-state index contributed by atoms with van der Waals surface area (Å²) in [6.45, 7) is 0. The maximum absolute atomic E-state index is 5.91. The number of rotatable bonds is 3. The van der Waals surface area contributed by atoms with Gasteiger partial charge >= 0.3 is 0 Å². The van der Waals surface area contributed by atoms with Crippen LogP contribution < -0.4 is 11.3 Å². The molecule has 0 bridgehead atoms. The van der Waals surface area contributed by atoms with Gasteiger partial charge in [0.2, 0.25) is 0 Å². The lowest BCUT2D eigenvalue weighted by Gasteiger charge is -2.08. The molecule has 1 heterocycles. The molecule has 0 unspecified atom stereocenters. The van der Waals surface area contributed by atoms with Crippen LogP contribution in [-0.2, 0) is 0 Å². The maximum atomic E-state index is 5.91. The molecule has 3 aromatic rings. The molecule has 0 amide bonds. The molecular weight excluding hydrogens is 284 g/mol. The standard InChI is InChI=1S/C16H13ClN4/c17-13-8-6-12(7-9-13)16-19-14(10-15(20-16)21-18)11-4-2-1-3-5-11/h1-10H,18H2,(H,19,20,21). The number of nitrogens with one attached hydrogen (secondary N) is 1. The molecule has 0 saturated heterocycles. The first-order valence-electron chi connectivity index (χ1n) is 6.43. The molecule has 21 heavy (non-hydrogen) atoms. The van der Waals surface area contributed by atoms with Gasteiger partial charge in [-0.3, -0.25) is 0 Å². The van der Waals surface area contributed by atoms with E-state index in [9.17, 15) is 0 Å². The van der Waals surface area contributed by atoms with Crippen molar-refractivity contribution in [2.45, 2.75) is 0 Å². The zero-order chi connectivity index (χ0) is 14.7. The van der Waals surface area contributed by atoms with Crippen LogP contribution in [0.5, 0.6) is 0 Å². The summed E-state index contributed by atoms with van der Waals surface area (Å²) in [7, 11) is 0. The largest absolute Gasteiger partial charge is 0.308 e. The van der Waals surface area contributed by atoms with E-state index in [0.29, 0.717) is 16.7 Å². The second-order valence-corrected chi connectivity index (χ2v) is 4.92. The molecule has 0 aliphatic carbocycles. The zero-order valence-corrected chi connectivity index (χ0v) is 11.9. The summed E-state index contributed by atoms with van der Waals surface area (Å²) in [5.74, 6) is 6.67. The van der Waals surface area contributed by atoms with E-state index in [1.807, 2.05) is 60.7 Å². The lowest BCUT2D eigenvalue weighted by molar-refractivity contribution is 1.15. The summed E-state index contributed by atoms with van der Waals surface area (Å²) in [5, 5.41) is 0.676. The molecule has 0 aliphatic rings. The maximum Gasteiger partial charge on any atom is 0.162 e. The van der Waals surface area contributed by atoms with Crippen LogP contribution in [0.2, 0.25) is 5.02 Å². The second-order valence-electron chi connectivity index (χ2n) is 4.48. The van der Waals surface area contributed by atoms with E-state index in [1.54, 1.807) is 0 Å². The molecule has 0 spiro atoms. The predicted octanol–water partition coefficient (Wildman–Crippen LogP) is 3.75. The molecule has 3 rings (SSSR count). The quantitative estimate of drug-likeness (QED) is 0.571. The number of benzene rings is 2. The van der Waals surface area contributed by atoms with Crippen molar-refractivity contribution in [2.24, 2.45) is 5.84 Å². The van der Waals surface area contributed by atoms with Crippen LogP contribution >= 0.6 is 11.6 Å². The van der Waals surface area contributed by atoms with Gasteiger partial charge in [-0.05, 0) is 24.3 Å². The molecule has 0 radical (unpaired) electrons. The highest BCUT2D eigenvalue weighted by atomic mass is 35.5. The van der Waals surface area contributed by atoms with E-state index in [2.05, 4.69) is 15.4 Å². The number of halogens is 1. The second kappa shape index (κ2) is 5.91. The van der Waals surface area contributed by atoms with E-state index in [0.717, 1.165) is 16.8 Å². The first-order chi connectivity index (χ1) is 10.3. The van der Waals surface area contributed by atoms with E-state index in [1.165, 1.54) is 0 Å². The van der Waals surface area contributed by atoms with Gasteiger partial charge in [-0.15, -0.1) is 0 Å². The summed E-state index contributed by atoms with van der Waals surface area (Å²) in [4.78, 5) is 8.99. The van der Waals surface area contributed by atoms with Crippen molar-refractivity contribution in [2.75, 3.05) is 5.43 Å². The number of hydrogen-bond donors (Lipinski definition) is 2. The normalized spacial score (nSPS) is 10.4. The minimum absolute atomic E-state index is 0.564. The molecule has 2 aromatic carbocycles. The number of aromatic nitrogens is 2. The van der Waals surface area contributed by atoms with Crippen LogP contribution in [-0.4, -0.2) is 9.97 Å². The van der Waals surface area contributed by atoms with E-state index < -0.39 is 0 Å². The molecular formula is C16H13ClN4. The van der Waals surface area contributed by atoms with E-state index in [-0.39, 0.29) is 0 Å². The van der Waals surface area contributed by atoms with Gasteiger partial charge < -0.3 is 5.43 Å². The minimum atomic E-state index is 0.564. The van der Waals surface area contributed by atoms with Crippen molar-refractivity contribution in [1.29, 1.82) is 0 Å². The lowest BCUT2D eigenvalue weighted by Crippen LogP contribution is -2.09. The molecule has 104 valence electrons. The van der Waals surface area contributed by atoms with Crippen molar-refractivity contribution >= 4 is 17.4 Å². The molecule has 5 heteroatoms. The van der Waals surface area contributed by atoms with E-state index >= 15 is 0 Å². The van der Waals surface area contributed by atoms with Crippen molar-refractivity contribution in [3.8, 4) is 22.6 Å². The first-order valence-corrected chi connectivity index (χ1v) is 6.81. The third-order valence-corrected chi connectivity index (χ3v) is 3.30. The smallest absolute Gasteiger partial charge is 0.162 e. The zero-order valence-electron chi connectivity index (χ0n) is 11.1. The van der Waals surface area contributed by atoms with Crippen molar-refractivity contribution in [3.63, 3.8) is 0 Å². The minimum Gasteiger partial charge on any atom is -0.308 e. The van der Waals surface area contributed by atoms with Gasteiger partial charge in [0.1, 0.15) is 5.82 Å². The third-order valence-electron chi connectivity index (χ3n) is 3.05. The fourth-order valence-corrected chi connectivity index (χ4v) is 2.13. The van der Waals surface area contributed by atoms with Crippen LogP contribution in [0.1, 0.15) is 0 Å². The van der Waals surface area contributed by atoms with Crippen molar-refractivity contribution < 1.29 is 0 Å². The van der Waals surface area contributed by atoms with E-state index in [4.69, 9.17) is 17.4 Å². The Morgan fingerprint density at radius 2 is 1.57 bits per heavy atom. The number of anilines is 1. The van der Waals surface area contributed by atoms with Gasteiger partial charge in [0.25, 0.3) is 0 Å². The van der Waals surface area contributed by atoms with Gasteiger partial charge in [-0.2, -0.15) is 0 Å². The first kappa shape index (κ1) is 13.5. The molecule has 0 fully saturated rings. The third kappa shape index (κ3) is 3.02. The van der Waals surface area contributed by atoms with Crippen molar-refractivity contribution in [3.05, 3.63) is 65.7 Å². The summed E-state index contributed by atoms with van der Waals surface area (Å²) >= 11 is 5.91. The summed E-state index contributed by atoms with van der Waals surface area (Å²) in [6, 6.07) is 19.1. The fourth-order valence-electron chi connectivity index (χ4n) is 2.01. The Bertz CT molecular complexity index is 742. The van der Waals surface area contributed by atoms with Crippen LogP contribution in [0.3, 0.4) is 0 Å². The van der Waals surface area contributed by atoms with Gasteiger partial charge in [0, 0.05) is 22.2 Å². The SMILES string of the molecule is NNc1cc(-c2ccccc2)nc(-c2ccc(Cl)cc2)n1. The monoisotopic (exact) mass is 296 g/mol. The lowest BCUT2D eigenvalue weighted by atomic mass is 10.1. The average Bonchev–Trinajstić information content (AvgIpc) is 2.56. The van der Waals surface area contributed by atoms with Crippen LogP contribution in [0.15, 0.2) is 60.7 Å². The van der Waals surface area contributed by atoms with Gasteiger partial charge in [-0.1, -0.05) is 41.9 Å². The molecule has 3 N–H and O–H groups in total. The van der Waals surface area contributed by atoms with Crippen molar-refractivity contribution in [1.82, 2.24) is 9.97 Å². The van der Waals surface area contributed by atoms with Crippen LogP contribution in [0.4, 0.5) is 5.82 Å².